The van der Waals surface area contributed by atoms with Crippen LogP contribution in [0.15, 0.2) is 72.6 Å². The maximum atomic E-state index is 15.0. The Labute approximate surface area is 213 Å². The van der Waals surface area contributed by atoms with Gasteiger partial charge in [-0.1, -0.05) is 43.3 Å². The maximum absolute atomic E-state index is 15.0. The molecular formula is C30H20F8. The Morgan fingerprint density at radius 3 is 1.68 bits per heavy atom. The summed E-state index contributed by atoms with van der Waals surface area (Å²) in [6.45, 7) is 1.47. The second-order valence-electron chi connectivity index (χ2n) is 8.64. The number of allylic oxidation sites excluding steroid dienone is 1. The summed E-state index contributed by atoms with van der Waals surface area (Å²) in [6.07, 6.45) is -0.0961. The molecule has 0 unspecified atom stereocenters. The zero-order chi connectivity index (χ0) is 27.6. The smallest absolute Gasteiger partial charge is 0.194 e. The summed E-state index contributed by atoms with van der Waals surface area (Å²) >= 11 is 0. The van der Waals surface area contributed by atoms with Crippen molar-refractivity contribution in [1.29, 1.82) is 0 Å². The second-order valence-corrected chi connectivity index (χ2v) is 8.64. The lowest BCUT2D eigenvalue weighted by Gasteiger charge is -2.11. The molecule has 0 aliphatic rings. The molecule has 4 rings (SSSR count). The highest BCUT2D eigenvalue weighted by atomic mass is 19.2. The number of hydrogen-bond donors (Lipinski definition) is 0. The molecule has 8 heteroatoms. The average molecular weight is 532 g/mol. The van der Waals surface area contributed by atoms with Gasteiger partial charge in [0.1, 0.15) is 23.3 Å². The van der Waals surface area contributed by atoms with E-state index in [2.05, 4.69) is 0 Å². The average Bonchev–Trinajstić information content (AvgIpc) is 2.90. The Hall–Kier alpha value is -3.94. The third-order valence-electron chi connectivity index (χ3n) is 6.13. The molecule has 38 heavy (non-hydrogen) atoms. The molecule has 4 aromatic carbocycles. The minimum Gasteiger partial charge on any atom is -0.209 e. The van der Waals surface area contributed by atoms with Crippen molar-refractivity contribution >= 4 is 5.83 Å². The quantitative estimate of drug-likeness (QED) is 0.164. The SMILES string of the molecule is CCC(F)=C(F)c1ccc(-c2cc(F)c(-c3ccc(CCc4cc(F)c(F)c(F)c4)c(F)c3)c(F)c2)cc1. The monoisotopic (exact) mass is 532 g/mol. The summed E-state index contributed by atoms with van der Waals surface area (Å²) in [5, 5.41) is 0. The van der Waals surface area contributed by atoms with Crippen LogP contribution in [0.1, 0.15) is 30.0 Å². The molecule has 0 heterocycles. The van der Waals surface area contributed by atoms with E-state index in [1.54, 1.807) is 0 Å². The first-order valence-electron chi connectivity index (χ1n) is 11.6. The van der Waals surface area contributed by atoms with E-state index >= 15 is 0 Å². The summed E-state index contributed by atoms with van der Waals surface area (Å²) in [4.78, 5) is 0. The van der Waals surface area contributed by atoms with E-state index in [9.17, 15) is 35.1 Å². The lowest BCUT2D eigenvalue weighted by atomic mass is 9.96. The van der Waals surface area contributed by atoms with Gasteiger partial charge in [-0.2, -0.15) is 0 Å². The Morgan fingerprint density at radius 1 is 0.579 bits per heavy atom. The van der Waals surface area contributed by atoms with E-state index < -0.39 is 52.1 Å². The van der Waals surface area contributed by atoms with Crippen LogP contribution in [0.3, 0.4) is 0 Å². The van der Waals surface area contributed by atoms with Gasteiger partial charge in [0.15, 0.2) is 23.3 Å². The van der Waals surface area contributed by atoms with E-state index in [1.165, 1.54) is 43.3 Å². The lowest BCUT2D eigenvalue weighted by molar-refractivity contribution is 0.445. The Bertz CT molecular complexity index is 1470. The van der Waals surface area contributed by atoms with Crippen LogP contribution >= 0.6 is 0 Å². The largest absolute Gasteiger partial charge is 0.209 e. The Balaban J connectivity index is 1.56. The first-order chi connectivity index (χ1) is 18.1. The summed E-state index contributed by atoms with van der Waals surface area (Å²) in [5.41, 5.74) is 0.235. The Kier molecular flexibility index (Phi) is 7.99. The minimum absolute atomic E-state index is 0.00377. The van der Waals surface area contributed by atoms with E-state index in [4.69, 9.17) is 0 Å². The number of aryl methyl sites for hydroxylation is 2. The molecule has 0 bridgehead atoms. The van der Waals surface area contributed by atoms with Crippen molar-refractivity contribution in [2.45, 2.75) is 26.2 Å². The molecule has 0 aliphatic heterocycles. The van der Waals surface area contributed by atoms with E-state index in [-0.39, 0.29) is 47.1 Å². The highest BCUT2D eigenvalue weighted by Crippen LogP contribution is 2.33. The molecule has 0 aliphatic carbocycles. The first-order valence-corrected chi connectivity index (χ1v) is 11.6. The highest BCUT2D eigenvalue weighted by Gasteiger charge is 2.17. The van der Waals surface area contributed by atoms with E-state index in [0.717, 1.165) is 30.3 Å². The summed E-state index contributed by atoms with van der Waals surface area (Å²) in [7, 11) is 0. The van der Waals surface area contributed by atoms with Gasteiger partial charge in [-0.05, 0) is 77.4 Å². The first kappa shape index (κ1) is 27.1. The van der Waals surface area contributed by atoms with Crippen molar-refractivity contribution in [3.63, 3.8) is 0 Å². The van der Waals surface area contributed by atoms with Crippen LogP contribution < -0.4 is 0 Å². The normalized spacial score (nSPS) is 12.0. The number of halogens is 8. The fourth-order valence-corrected chi connectivity index (χ4v) is 4.07. The minimum atomic E-state index is -1.59. The maximum Gasteiger partial charge on any atom is 0.194 e. The predicted molar refractivity (Wildman–Crippen MR) is 130 cm³/mol. The fourth-order valence-electron chi connectivity index (χ4n) is 4.07. The Morgan fingerprint density at radius 2 is 1.13 bits per heavy atom. The van der Waals surface area contributed by atoms with Crippen molar-refractivity contribution < 1.29 is 35.1 Å². The van der Waals surface area contributed by atoms with Gasteiger partial charge in [-0.15, -0.1) is 0 Å². The van der Waals surface area contributed by atoms with Crippen LogP contribution in [-0.4, -0.2) is 0 Å². The van der Waals surface area contributed by atoms with Gasteiger partial charge in [-0.25, -0.2) is 35.1 Å². The van der Waals surface area contributed by atoms with Gasteiger partial charge in [0, 0.05) is 5.56 Å². The van der Waals surface area contributed by atoms with E-state index in [0.29, 0.717) is 5.56 Å². The van der Waals surface area contributed by atoms with Crippen LogP contribution in [0.5, 0.6) is 0 Å². The molecule has 0 saturated carbocycles. The molecule has 0 fully saturated rings. The third-order valence-corrected chi connectivity index (χ3v) is 6.13. The summed E-state index contributed by atoms with van der Waals surface area (Å²) < 4.78 is 112. The summed E-state index contributed by atoms with van der Waals surface area (Å²) in [5.74, 6) is -8.91. The highest BCUT2D eigenvalue weighted by molar-refractivity contribution is 5.73. The molecule has 4 aromatic rings. The van der Waals surface area contributed by atoms with E-state index in [1.807, 2.05) is 0 Å². The lowest BCUT2D eigenvalue weighted by Crippen LogP contribution is -2.00. The van der Waals surface area contributed by atoms with Gasteiger partial charge < -0.3 is 0 Å². The van der Waals surface area contributed by atoms with Crippen LogP contribution in [0.25, 0.3) is 28.1 Å². The molecule has 196 valence electrons. The third kappa shape index (κ3) is 5.64. The zero-order valence-electron chi connectivity index (χ0n) is 20.0. The van der Waals surface area contributed by atoms with Crippen molar-refractivity contribution in [2.24, 2.45) is 0 Å². The van der Waals surface area contributed by atoms with Crippen LogP contribution in [0, 0.1) is 34.9 Å². The van der Waals surface area contributed by atoms with Crippen molar-refractivity contribution in [2.75, 3.05) is 0 Å². The van der Waals surface area contributed by atoms with Crippen LogP contribution in [0.4, 0.5) is 35.1 Å². The molecule has 0 saturated heterocycles. The van der Waals surface area contributed by atoms with Crippen molar-refractivity contribution in [3.8, 4) is 22.3 Å². The van der Waals surface area contributed by atoms with Gasteiger partial charge in [0.25, 0.3) is 0 Å². The van der Waals surface area contributed by atoms with Gasteiger partial charge in [0.05, 0.1) is 5.56 Å². The van der Waals surface area contributed by atoms with Gasteiger partial charge in [0.2, 0.25) is 0 Å². The van der Waals surface area contributed by atoms with Crippen molar-refractivity contribution in [3.05, 3.63) is 124 Å². The van der Waals surface area contributed by atoms with Gasteiger partial charge in [-0.3, -0.25) is 0 Å². The topological polar surface area (TPSA) is 0 Å². The van der Waals surface area contributed by atoms with Crippen LogP contribution in [-0.2, 0) is 12.8 Å². The molecule has 0 radical (unpaired) electrons. The van der Waals surface area contributed by atoms with Crippen LogP contribution in [0.2, 0.25) is 0 Å². The molecule has 0 nitrogen and oxygen atoms in total. The molecule has 0 spiro atoms. The number of rotatable bonds is 7. The van der Waals surface area contributed by atoms with Crippen molar-refractivity contribution in [1.82, 2.24) is 0 Å². The molecule has 0 amide bonds. The molecule has 0 atom stereocenters. The van der Waals surface area contributed by atoms with Gasteiger partial charge >= 0.3 is 0 Å². The molecule has 0 N–H and O–H groups in total. The molecule has 0 aromatic heterocycles. The number of hydrogen-bond acceptors (Lipinski definition) is 0. The predicted octanol–water partition coefficient (Wildman–Crippen LogP) is 9.66. The second kappa shape index (κ2) is 11.2. The zero-order valence-corrected chi connectivity index (χ0v) is 20.0. The summed E-state index contributed by atoms with van der Waals surface area (Å²) in [6, 6.07) is 12.7. The fraction of sp³-hybridized carbons (Fsp3) is 0.133. The standard InChI is InChI=1S/C30H20F8/c1-2-22(31)29(37)19-8-5-17(6-9-19)21-14-24(33)28(25(34)15-21)20-10-7-18(23(32)13-20)4-3-16-11-26(35)30(38)27(36)12-16/h5-15H,2-4H2,1H3. The molecular weight excluding hydrogens is 512 g/mol. The number of benzene rings is 4.